The van der Waals surface area contributed by atoms with Crippen molar-refractivity contribution in [2.75, 3.05) is 0 Å². The molecule has 0 spiro atoms. The lowest BCUT2D eigenvalue weighted by Gasteiger charge is -2.24. The van der Waals surface area contributed by atoms with Gasteiger partial charge in [-0.1, -0.05) is 136 Å². The van der Waals surface area contributed by atoms with Crippen molar-refractivity contribution in [3.05, 3.63) is 125 Å². The zero-order chi connectivity index (χ0) is 35.3. The van der Waals surface area contributed by atoms with E-state index in [0.717, 1.165) is 21.7 Å². The van der Waals surface area contributed by atoms with Crippen LogP contribution in [0.25, 0.3) is 76.8 Å². The van der Waals surface area contributed by atoms with Gasteiger partial charge in [-0.15, -0.1) is 16.4 Å². The fraction of sp³-hybridized carbons (Fsp3) is 0.130. The van der Waals surface area contributed by atoms with E-state index >= 15 is 0 Å². The zero-order valence-corrected chi connectivity index (χ0v) is 29.2. The normalized spacial score (nSPS) is 15.0. The average Bonchev–Trinajstić information content (AvgIpc) is 3.51. The molecule has 0 nitrogen and oxygen atoms in total. The Balaban J connectivity index is 1.19. The highest BCUT2D eigenvalue weighted by Gasteiger charge is 2.43. The van der Waals surface area contributed by atoms with Gasteiger partial charge >= 0.3 is 0 Å². The maximum atomic E-state index is 6.58. The quantitative estimate of drug-likeness (QED) is 0.150. The van der Waals surface area contributed by atoms with Crippen LogP contribution in [0.1, 0.15) is 49.9 Å². The minimum atomic E-state index is -0.154. The standard InChI is InChI=1S/C46H29B5/c1-45(2)31-8-6-5-7-29(31)37-32(45)19-20-33-38(37)30-18-13-24(21-34(30)46(33,3)4)25-14-9-22-11-16-27-28(17-12-23-10-15-26(25)35(22)36(23)27)39-40(47)42(49)44(51)43(50)41(39)48/h5-21H,1-4H3. The number of hydrogen-bond donors (Lipinski definition) is 0. The number of benzene rings is 8. The van der Waals surface area contributed by atoms with Crippen LogP contribution in [0.5, 0.6) is 0 Å². The van der Waals surface area contributed by atoms with Crippen molar-refractivity contribution in [2.24, 2.45) is 0 Å². The van der Waals surface area contributed by atoms with Crippen LogP contribution in [-0.4, -0.2) is 39.2 Å². The molecule has 10 radical (unpaired) electrons. The monoisotopic (exact) mass is 636 g/mol. The van der Waals surface area contributed by atoms with Crippen LogP contribution in [0.2, 0.25) is 0 Å². The van der Waals surface area contributed by atoms with Crippen LogP contribution in [-0.2, 0) is 10.8 Å². The molecule has 0 atom stereocenters. The minimum Gasteiger partial charge on any atom is -0.112 e. The Hall–Kier alpha value is -4.88. The second-order valence-electron chi connectivity index (χ2n) is 15.6. The lowest BCUT2D eigenvalue weighted by Crippen LogP contribution is -2.55. The second kappa shape index (κ2) is 10.1. The molecule has 0 unspecified atom stereocenters. The summed E-state index contributed by atoms with van der Waals surface area (Å²) in [7, 11) is 32.0. The van der Waals surface area contributed by atoms with Crippen LogP contribution >= 0.6 is 0 Å². The summed E-state index contributed by atoms with van der Waals surface area (Å²) in [5, 5.41) is 6.91. The van der Waals surface area contributed by atoms with E-state index in [1.807, 2.05) is 0 Å². The molecule has 8 aromatic rings. The molecular weight excluding hydrogens is 607 g/mol. The fourth-order valence-corrected chi connectivity index (χ4v) is 9.60. The molecular formula is C46H29B5. The van der Waals surface area contributed by atoms with E-state index in [0.29, 0.717) is 16.5 Å². The summed E-state index contributed by atoms with van der Waals surface area (Å²) >= 11 is 0. The van der Waals surface area contributed by atoms with E-state index in [1.165, 1.54) is 71.8 Å². The Bertz CT molecular complexity index is 2830. The lowest BCUT2D eigenvalue weighted by molar-refractivity contribution is 0.651. The van der Waals surface area contributed by atoms with Crippen LogP contribution in [0.15, 0.2) is 103 Å². The fourth-order valence-electron chi connectivity index (χ4n) is 9.60. The van der Waals surface area contributed by atoms with Gasteiger partial charge < -0.3 is 0 Å². The second-order valence-corrected chi connectivity index (χ2v) is 15.6. The topological polar surface area (TPSA) is 0 Å². The highest BCUT2D eigenvalue weighted by Crippen LogP contribution is 2.59. The molecule has 0 heterocycles. The Labute approximate surface area is 306 Å². The Kier molecular flexibility index (Phi) is 6.14. The summed E-state index contributed by atoms with van der Waals surface area (Å²) in [6.45, 7) is 9.46. The minimum absolute atomic E-state index is 0.0418. The van der Waals surface area contributed by atoms with Gasteiger partial charge in [-0.2, -0.15) is 0 Å². The smallest absolute Gasteiger partial charge is 0.112 e. The highest BCUT2D eigenvalue weighted by atomic mass is 14.5. The molecule has 10 rings (SSSR count). The van der Waals surface area contributed by atoms with E-state index in [-0.39, 0.29) is 27.2 Å². The van der Waals surface area contributed by atoms with Crippen LogP contribution < -0.4 is 27.3 Å². The molecule has 0 amide bonds. The van der Waals surface area contributed by atoms with Crippen molar-refractivity contribution < 1.29 is 0 Å². The first kappa shape index (κ1) is 30.9. The summed E-state index contributed by atoms with van der Waals surface area (Å²) in [5.74, 6) is 0. The molecule has 5 heteroatoms. The third-order valence-electron chi connectivity index (χ3n) is 12.3. The first-order chi connectivity index (χ1) is 24.4. The molecule has 51 heavy (non-hydrogen) atoms. The molecule has 0 saturated heterocycles. The molecule has 2 aliphatic rings. The molecule has 0 fully saturated rings. The maximum absolute atomic E-state index is 6.58. The summed E-state index contributed by atoms with van der Waals surface area (Å²) in [6, 6.07) is 38.3. The molecule has 0 saturated carbocycles. The number of hydrogen-bond acceptors (Lipinski definition) is 0. The van der Waals surface area contributed by atoms with Gasteiger partial charge in [0.25, 0.3) is 0 Å². The summed E-state index contributed by atoms with van der Waals surface area (Å²) in [6.07, 6.45) is 0. The van der Waals surface area contributed by atoms with Crippen molar-refractivity contribution in [1.82, 2.24) is 0 Å². The third kappa shape index (κ3) is 3.82. The van der Waals surface area contributed by atoms with Crippen molar-refractivity contribution >= 4 is 98.9 Å². The van der Waals surface area contributed by atoms with Crippen LogP contribution in [0.4, 0.5) is 0 Å². The predicted octanol–water partition coefficient (Wildman–Crippen LogP) is 6.50. The van der Waals surface area contributed by atoms with Gasteiger partial charge in [0.1, 0.15) is 39.2 Å². The molecule has 0 aliphatic heterocycles. The third-order valence-corrected chi connectivity index (χ3v) is 12.3. The highest BCUT2D eigenvalue weighted by molar-refractivity contribution is 6.69. The summed E-state index contributed by atoms with van der Waals surface area (Å²) in [5.41, 5.74) is 16.2. The SMILES string of the molecule is [B]c1c([B])c([B])c(-c2ccc3ccc4c(-c5ccc6c(c5)C(C)(C)c5ccc7c(c5-6)-c5ccccc5C7(C)C)ccc5ccc2c3c54)c([B])c1[B]. The van der Waals surface area contributed by atoms with E-state index in [1.54, 1.807) is 0 Å². The maximum Gasteiger partial charge on any atom is 0.113 e. The van der Waals surface area contributed by atoms with Crippen molar-refractivity contribution in [1.29, 1.82) is 0 Å². The van der Waals surface area contributed by atoms with E-state index in [2.05, 4.69) is 131 Å². The first-order valence-electron chi connectivity index (χ1n) is 17.6. The van der Waals surface area contributed by atoms with Crippen molar-refractivity contribution in [2.45, 2.75) is 38.5 Å². The van der Waals surface area contributed by atoms with Gasteiger partial charge in [0.15, 0.2) is 0 Å². The Morgan fingerprint density at radius 1 is 0.373 bits per heavy atom. The Morgan fingerprint density at radius 2 is 0.843 bits per heavy atom. The van der Waals surface area contributed by atoms with Gasteiger partial charge in [-0.3, -0.25) is 0 Å². The molecule has 228 valence electrons. The van der Waals surface area contributed by atoms with Gasteiger partial charge in [-0.05, 0) is 105 Å². The molecule has 8 aromatic carbocycles. The van der Waals surface area contributed by atoms with E-state index in [9.17, 15) is 0 Å². The lowest BCUT2D eigenvalue weighted by atomic mass is 9.59. The molecule has 0 bridgehead atoms. The number of fused-ring (bicyclic) bond motifs is 7. The van der Waals surface area contributed by atoms with E-state index < -0.39 is 0 Å². The van der Waals surface area contributed by atoms with Crippen LogP contribution in [0, 0.1) is 0 Å². The van der Waals surface area contributed by atoms with Gasteiger partial charge in [0.05, 0.1) is 0 Å². The van der Waals surface area contributed by atoms with Gasteiger partial charge in [0.2, 0.25) is 0 Å². The molecule has 0 N–H and O–H groups in total. The van der Waals surface area contributed by atoms with Gasteiger partial charge in [0, 0.05) is 10.8 Å². The van der Waals surface area contributed by atoms with Crippen LogP contribution in [0.3, 0.4) is 0 Å². The predicted molar refractivity (Wildman–Crippen MR) is 223 cm³/mol. The largest absolute Gasteiger partial charge is 0.113 e. The van der Waals surface area contributed by atoms with Crippen molar-refractivity contribution in [3.63, 3.8) is 0 Å². The van der Waals surface area contributed by atoms with Gasteiger partial charge in [-0.25, -0.2) is 0 Å². The average molecular weight is 636 g/mol. The molecule has 0 aromatic heterocycles. The summed E-state index contributed by atoms with van der Waals surface area (Å²) in [4.78, 5) is 0. The summed E-state index contributed by atoms with van der Waals surface area (Å²) < 4.78 is 0. The number of rotatable bonds is 2. The van der Waals surface area contributed by atoms with Crippen molar-refractivity contribution in [3.8, 4) is 44.5 Å². The zero-order valence-electron chi connectivity index (χ0n) is 29.2. The van der Waals surface area contributed by atoms with E-state index in [4.69, 9.17) is 39.2 Å². The Morgan fingerprint density at radius 3 is 1.47 bits per heavy atom. The molecule has 2 aliphatic carbocycles. The first-order valence-corrected chi connectivity index (χ1v) is 17.6.